The number of benzene rings is 1. The van der Waals surface area contributed by atoms with Gasteiger partial charge in [-0.2, -0.15) is 0 Å². The Morgan fingerprint density at radius 1 is 1.14 bits per heavy atom. The first-order chi connectivity index (χ1) is 17.9. The maximum atomic E-state index is 12.0. The first kappa shape index (κ1) is 24.8. The fourth-order valence-corrected chi connectivity index (χ4v) is 4.38. The third-order valence-corrected chi connectivity index (χ3v) is 6.06. The number of aliphatic carboxylic acids is 1. The molecule has 2 amide bonds. The molecule has 2 fully saturated rings. The Morgan fingerprint density at radius 2 is 1.92 bits per heavy atom. The van der Waals surface area contributed by atoms with Crippen LogP contribution in [0.4, 0.5) is 10.6 Å². The SMILES string of the molecule is CCNC(=O)Nc1ncnc2c1ncn2C1OC(CC(O)C(=O)O)C2OC(C=Cc3ccccc3)OC21. The van der Waals surface area contributed by atoms with Crippen molar-refractivity contribution in [3.05, 3.63) is 54.6 Å². The highest BCUT2D eigenvalue weighted by atomic mass is 16.8. The molecule has 0 saturated carbocycles. The summed E-state index contributed by atoms with van der Waals surface area (Å²) in [5.41, 5.74) is 1.67. The average molecular weight is 511 g/mol. The number of ether oxygens (including phenoxy) is 3. The second-order valence-electron chi connectivity index (χ2n) is 8.53. The van der Waals surface area contributed by atoms with Gasteiger partial charge in [0.1, 0.15) is 18.5 Å². The van der Waals surface area contributed by atoms with Gasteiger partial charge in [-0.05, 0) is 18.6 Å². The zero-order valence-corrected chi connectivity index (χ0v) is 19.8. The first-order valence-corrected chi connectivity index (χ1v) is 11.8. The highest BCUT2D eigenvalue weighted by molar-refractivity contribution is 5.95. The lowest BCUT2D eigenvalue weighted by molar-refractivity contribution is -0.154. The van der Waals surface area contributed by atoms with Gasteiger partial charge in [0.25, 0.3) is 0 Å². The minimum Gasteiger partial charge on any atom is -0.479 e. The van der Waals surface area contributed by atoms with E-state index in [9.17, 15) is 19.8 Å². The van der Waals surface area contributed by atoms with Gasteiger partial charge in [0.2, 0.25) is 0 Å². The minimum atomic E-state index is -1.64. The second kappa shape index (κ2) is 10.6. The lowest BCUT2D eigenvalue weighted by Gasteiger charge is -2.21. The van der Waals surface area contributed by atoms with Crippen molar-refractivity contribution in [3.63, 3.8) is 0 Å². The Morgan fingerprint density at radius 3 is 2.68 bits per heavy atom. The number of aliphatic hydroxyl groups excluding tert-OH is 1. The van der Waals surface area contributed by atoms with E-state index < -0.39 is 48.9 Å². The van der Waals surface area contributed by atoms with Crippen molar-refractivity contribution in [2.24, 2.45) is 0 Å². The number of fused-ring (bicyclic) bond motifs is 2. The number of amides is 2. The molecule has 6 atom stereocenters. The Kier molecular flexibility index (Phi) is 7.10. The molecule has 3 aromatic rings. The van der Waals surface area contributed by atoms with E-state index in [2.05, 4.69) is 25.6 Å². The Labute approximate surface area is 211 Å². The lowest BCUT2D eigenvalue weighted by atomic mass is 10.0. The average Bonchev–Trinajstić information content (AvgIpc) is 3.58. The molecule has 6 unspecified atom stereocenters. The van der Waals surface area contributed by atoms with E-state index in [1.807, 2.05) is 36.4 Å². The van der Waals surface area contributed by atoms with Crippen LogP contribution in [-0.4, -0.2) is 79.0 Å². The summed E-state index contributed by atoms with van der Waals surface area (Å²) in [6.45, 7) is 2.23. The molecule has 1 aromatic carbocycles. The molecule has 0 bridgehead atoms. The fraction of sp³-hybridized carbons (Fsp3) is 0.375. The van der Waals surface area contributed by atoms with Gasteiger partial charge in [0, 0.05) is 13.0 Å². The van der Waals surface area contributed by atoms with E-state index in [4.69, 9.17) is 14.2 Å². The van der Waals surface area contributed by atoms with Crippen molar-refractivity contribution >= 4 is 35.1 Å². The van der Waals surface area contributed by atoms with Gasteiger partial charge in [0.05, 0.1) is 12.4 Å². The van der Waals surface area contributed by atoms with Gasteiger partial charge in [0.15, 0.2) is 35.6 Å². The van der Waals surface area contributed by atoms with Gasteiger partial charge in [-0.25, -0.2) is 24.5 Å². The van der Waals surface area contributed by atoms with Crippen LogP contribution in [0.3, 0.4) is 0 Å². The van der Waals surface area contributed by atoms with Crippen molar-refractivity contribution in [1.82, 2.24) is 24.8 Å². The smallest absolute Gasteiger partial charge is 0.332 e. The van der Waals surface area contributed by atoms with Crippen LogP contribution in [0.5, 0.6) is 0 Å². The predicted octanol–water partition coefficient (Wildman–Crippen LogP) is 1.52. The van der Waals surface area contributed by atoms with Crippen LogP contribution in [0, 0.1) is 0 Å². The second-order valence-corrected chi connectivity index (χ2v) is 8.53. The van der Waals surface area contributed by atoms with Crippen molar-refractivity contribution < 1.29 is 34.0 Å². The zero-order valence-electron chi connectivity index (χ0n) is 19.8. The zero-order chi connectivity index (χ0) is 25.9. The van der Waals surface area contributed by atoms with E-state index in [0.29, 0.717) is 17.7 Å². The maximum Gasteiger partial charge on any atom is 0.332 e. The van der Waals surface area contributed by atoms with Crippen LogP contribution in [-0.2, 0) is 19.0 Å². The van der Waals surface area contributed by atoms with Gasteiger partial charge in [-0.3, -0.25) is 9.88 Å². The molecule has 4 heterocycles. The lowest BCUT2D eigenvalue weighted by Crippen LogP contribution is -2.34. The summed E-state index contributed by atoms with van der Waals surface area (Å²) in [5, 5.41) is 24.5. The topological polar surface area (TPSA) is 170 Å². The number of nitrogens with zero attached hydrogens (tertiary/aromatic N) is 4. The van der Waals surface area contributed by atoms with Crippen LogP contribution < -0.4 is 10.6 Å². The molecule has 5 rings (SSSR count). The molecule has 4 N–H and O–H groups in total. The third-order valence-electron chi connectivity index (χ3n) is 6.06. The minimum absolute atomic E-state index is 0.197. The number of carboxylic acids is 1. The molecular formula is C24H26N6O7. The third kappa shape index (κ3) is 5.15. The first-order valence-electron chi connectivity index (χ1n) is 11.8. The summed E-state index contributed by atoms with van der Waals surface area (Å²) >= 11 is 0. The van der Waals surface area contributed by atoms with Crippen LogP contribution >= 0.6 is 0 Å². The van der Waals surface area contributed by atoms with Gasteiger partial charge >= 0.3 is 12.0 Å². The van der Waals surface area contributed by atoms with Crippen molar-refractivity contribution in [1.29, 1.82) is 0 Å². The van der Waals surface area contributed by atoms with E-state index in [0.717, 1.165) is 5.56 Å². The highest BCUT2D eigenvalue weighted by Gasteiger charge is 2.54. The maximum absolute atomic E-state index is 12.0. The number of imidazole rings is 1. The molecule has 13 nitrogen and oxygen atoms in total. The normalized spacial score (nSPS) is 25.8. The molecule has 194 valence electrons. The van der Waals surface area contributed by atoms with Crippen molar-refractivity contribution in [2.75, 3.05) is 11.9 Å². The largest absolute Gasteiger partial charge is 0.479 e. The predicted molar refractivity (Wildman–Crippen MR) is 129 cm³/mol. The molecule has 0 aliphatic carbocycles. The molecule has 13 heteroatoms. The molecular weight excluding hydrogens is 484 g/mol. The molecule has 37 heavy (non-hydrogen) atoms. The summed E-state index contributed by atoms with van der Waals surface area (Å²) in [5.74, 6) is -1.14. The number of aromatic nitrogens is 4. The monoisotopic (exact) mass is 510 g/mol. The number of carbonyl (C=O) groups is 2. The highest BCUT2D eigenvalue weighted by Crippen LogP contribution is 2.42. The summed E-state index contributed by atoms with van der Waals surface area (Å²) in [6, 6.07) is 9.19. The summed E-state index contributed by atoms with van der Waals surface area (Å²) in [6.07, 6.45) is 0.976. The Hall–Kier alpha value is -3.91. The van der Waals surface area contributed by atoms with Crippen LogP contribution in [0.2, 0.25) is 0 Å². The molecule has 2 aliphatic rings. The van der Waals surface area contributed by atoms with Crippen molar-refractivity contribution in [2.45, 2.75) is 50.3 Å². The molecule has 0 radical (unpaired) electrons. The number of hydrogen-bond donors (Lipinski definition) is 4. The summed E-state index contributed by atoms with van der Waals surface area (Å²) in [7, 11) is 0. The quantitative estimate of drug-likeness (QED) is 0.348. The molecule has 2 aliphatic heterocycles. The number of urea groups is 1. The Bertz CT molecular complexity index is 1300. The number of hydrogen-bond acceptors (Lipinski definition) is 9. The fourth-order valence-electron chi connectivity index (χ4n) is 4.38. The standard InChI is InChI=1S/C24H26N6O7/c1-2-25-24(34)29-20-17-21(27-11-26-20)30(12-28-17)22-19-18(15(35-22)10-14(31)23(32)33)36-16(37-19)9-8-13-6-4-3-5-7-13/h3-9,11-12,14-16,18-19,22,31H,2,10H2,1H3,(H,32,33)(H2,25,26,27,29,34). The van der Waals surface area contributed by atoms with Gasteiger partial charge in [-0.15, -0.1) is 0 Å². The molecule has 2 saturated heterocycles. The number of carboxylic acid groups (broad SMARTS) is 1. The van der Waals surface area contributed by atoms with E-state index in [1.165, 1.54) is 12.7 Å². The summed E-state index contributed by atoms with van der Waals surface area (Å²) in [4.78, 5) is 36.1. The van der Waals surface area contributed by atoms with Gasteiger partial charge < -0.3 is 29.7 Å². The van der Waals surface area contributed by atoms with E-state index in [1.54, 1.807) is 17.6 Å². The molecule has 0 spiro atoms. The van der Waals surface area contributed by atoms with Gasteiger partial charge in [-0.1, -0.05) is 36.4 Å². The summed E-state index contributed by atoms with van der Waals surface area (Å²) < 4.78 is 20.0. The van der Waals surface area contributed by atoms with Crippen LogP contribution in [0.1, 0.15) is 25.1 Å². The number of anilines is 1. The number of nitrogens with one attached hydrogen (secondary N) is 2. The Balaban J connectivity index is 1.42. The molecule has 2 aromatic heterocycles. The number of carbonyl (C=O) groups excluding carboxylic acids is 1. The van der Waals surface area contributed by atoms with Crippen molar-refractivity contribution in [3.8, 4) is 0 Å². The van der Waals surface area contributed by atoms with E-state index >= 15 is 0 Å². The van der Waals surface area contributed by atoms with Crippen LogP contribution in [0.15, 0.2) is 49.1 Å². The van der Waals surface area contributed by atoms with Crippen LogP contribution in [0.25, 0.3) is 17.2 Å². The van der Waals surface area contributed by atoms with E-state index in [-0.39, 0.29) is 12.2 Å². The number of rotatable bonds is 8. The number of aliphatic hydroxyl groups is 1.